The van der Waals surface area contributed by atoms with Gasteiger partial charge in [0.2, 0.25) is 11.8 Å². The molecule has 1 aliphatic rings. The molecule has 2 heterocycles. The summed E-state index contributed by atoms with van der Waals surface area (Å²) in [6.07, 6.45) is 1.32. The predicted molar refractivity (Wildman–Crippen MR) is 89.4 cm³/mol. The van der Waals surface area contributed by atoms with Gasteiger partial charge < -0.3 is 14.4 Å². The lowest BCUT2D eigenvalue weighted by Gasteiger charge is -2.37. The van der Waals surface area contributed by atoms with Gasteiger partial charge in [0, 0.05) is 24.8 Å². The Kier molecular flexibility index (Phi) is 4.46. The van der Waals surface area contributed by atoms with Crippen molar-refractivity contribution in [3.8, 4) is 17.4 Å². The van der Waals surface area contributed by atoms with E-state index >= 15 is 0 Å². The third kappa shape index (κ3) is 3.37. The first-order valence-corrected chi connectivity index (χ1v) is 7.68. The van der Waals surface area contributed by atoms with Crippen LogP contribution in [0.1, 0.15) is 17.4 Å². The van der Waals surface area contributed by atoms with E-state index in [4.69, 9.17) is 9.47 Å². The van der Waals surface area contributed by atoms with E-state index in [1.54, 1.807) is 18.1 Å². The van der Waals surface area contributed by atoms with E-state index in [0.29, 0.717) is 30.5 Å². The Bertz CT molecular complexity index is 753. The summed E-state index contributed by atoms with van der Waals surface area (Å²) < 4.78 is 10.9. The van der Waals surface area contributed by atoms with Crippen LogP contribution in [0.4, 0.5) is 0 Å². The molecule has 1 saturated heterocycles. The van der Waals surface area contributed by atoms with Crippen molar-refractivity contribution in [2.75, 3.05) is 20.2 Å². The Morgan fingerprint density at radius 3 is 2.54 bits per heavy atom. The molecule has 1 aromatic carbocycles. The summed E-state index contributed by atoms with van der Waals surface area (Å²) in [4.78, 5) is 22.2. The van der Waals surface area contributed by atoms with E-state index in [1.807, 2.05) is 31.2 Å². The molecule has 1 aliphatic heterocycles. The number of methoxy groups -OCH3 is 1. The topological polar surface area (TPSA) is 64.6 Å². The van der Waals surface area contributed by atoms with E-state index < -0.39 is 0 Å². The molecule has 3 rings (SSSR count). The van der Waals surface area contributed by atoms with Crippen LogP contribution in [0.15, 0.2) is 43.0 Å². The van der Waals surface area contributed by atoms with Crippen LogP contribution in [0.3, 0.4) is 0 Å². The zero-order valence-electron chi connectivity index (χ0n) is 13.7. The van der Waals surface area contributed by atoms with Crippen molar-refractivity contribution in [3.63, 3.8) is 0 Å². The van der Waals surface area contributed by atoms with E-state index in [1.165, 1.54) is 6.08 Å². The van der Waals surface area contributed by atoms with Crippen molar-refractivity contribution in [1.29, 1.82) is 0 Å². The zero-order valence-corrected chi connectivity index (χ0v) is 13.7. The summed E-state index contributed by atoms with van der Waals surface area (Å²) in [7, 11) is 1.62. The van der Waals surface area contributed by atoms with E-state index in [-0.39, 0.29) is 11.8 Å². The van der Waals surface area contributed by atoms with Crippen LogP contribution < -0.4 is 9.47 Å². The summed E-state index contributed by atoms with van der Waals surface area (Å²) >= 11 is 0. The number of carbonyl (C=O) groups excluding carboxylic acids is 1. The Labute approximate surface area is 140 Å². The molecule has 6 nitrogen and oxygen atoms in total. The van der Waals surface area contributed by atoms with Gasteiger partial charge in [-0.3, -0.25) is 4.79 Å². The van der Waals surface area contributed by atoms with Gasteiger partial charge in [-0.1, -0.05) is 6.58 Å². The lowest BCUT2D eigenvalue weighted by atomic mass is 9.99. The normalized spacial score (nSPS) is 14.0. The summed E-state index contributed by atoms with van der Waals surface area (Å²) in [6, 6.07) is 9.09. The number of carbonyl (C=O) groups is 1. The molecular weight excluding hydrogens is 306 g/mol. The second-order valence-corrected chi connectivity index (χ2v) is 5.63. The first-order valence-electron chi connectivity index (χ1n) is 7.68. The number of aryl methyl sites for hydroxylation is 1. The van der Waals surface area contributed by atoms with Gasteiger partial charge in [0.25, 0.3) is 0 Å². The van der Waals surface area contributed by atoms with Gasteiger partial charge in [-0.2, -0.15) is 4.98 Å². The van der Waals surface area contributed by atoms with Crippen molar-refractivity contribution in [3.05, 3.63) is 54.5 Å². The number of likely N-dealkylation sites (tertiary alicyclic amines) is 1. The average molecular weight is 325 g/mol. The Hall–Kier alpha value is -2.89. The molecule has 1 fully saturated rings. The minimum Gasteiger partial charge on any atom is -0.497 e. The van der Waals surface area contributed by atoms with Crippen molar-refractivity contribution >= 4 is 5.91 Å². The Morgan fingerprint density at radius 1 is 1.25 bits per heavy atom. The molecule has 1 amide bonds. The molecule has 0 N–H and O–H groups in total. The standard InChI is InChI=1S/C18H19N3O3/c1-4-17(22)21-10-13(11-21)18-19-12(2)9-16(20-18)24-15-7-5-14(23-3)6-8-15/h4-9,13H,1,10-11H2,2-3H3. The number of aromatic nitrogens is 2. The first-order chi connectivity index (χ1) is 11.6. The van der Waals surface area contributed by atoms with Crippen molar-refractivity contribution < 1.29 is 14.3 Å². The number of benzene rings is 1. The number of nitrogens with zero attached hydrogens (tertiary/aromatic N) is 3. The first kappa shape index (κ1) is 16.0. The van der Waals surface area contributed by atoms with Crippen molar-refractivity contribution in [2.24, 2.45) is 0 Å². The van der Waals surface area contributed by atoms with Crippen LogP contribution in [0.2, 0.25) is 0 Å². The highest BCUT2D eigenvalue weighted by Gasteiger charge is 2.32. The molecule has 24 heavy (non-hydrogen) atoms. The smallest absolute Gasteiger partial charge is 0.246 e. The number of ether oxygens (including phenoxy) is 2. The summed E-state index contributed by atoms with van der Waals surface area (Å²) in [5, 5.41) is 0. The molecule has 6 heteroatoms. The third-order valence-electron chi connectivity index (χ3n) is 3.86. The fourth-order valence-corrected chi connectivity index (χ4v) is 2.51. The predicted octanol–water partition coefficient (Wildman–Crippen LogP) is 2.70. The third-order valence-corrected chi connectivity index (χ3v) is 3.86. The molecule has 0 atom stereocenters. The molecule has 0 spiro atoms. The largest absolute Gasteiger partial charge is 0.497 e. The van der Waals surface area contributed by atoms with Gasteiger partial charge in [0.05, 0.1) is 13.0 Å². The number of rotatable bonds is 5. The quantitative estimate of drug-likeness (QED) is 0.791. The summed E-state index contributed by atoms with van der Waals surface area (Å²) in [5.74, 6) is 2.71. The molecule has 0 bridgehead atoms. The van der Waals surface area contributed by atoms with Gasteiger partial charge in [-0.15, -0.1) is 0 Å². The number of hydrogen-bond acceptors (Lipinski definition) is 5. The molecule has 2 aromatic rings. The van der Waals surface area contributed by atoms with Crippen LogP contribution in [0, 0.1) is 6.92 Å². The maximum atomic E-state index is 11.5. The van der Waals surface area contributed by atoms with Crippen molar-refractivity contribution in [2.45, 2.75) is 12.8 Å². The molecule has 1 aromatic heterocycles. The lowest BCUT2D eigenvalue weighted by molar-refractivity contribution is -0.130. The minimum atomic E-state index is -0.0615. The van der Waals surface area contributed by atoms with Gasteiger partial charge in [-0.25, -0.2) is 4.98 Å². The summed E-state index contributed by atoms with van der Waals surface area (Å²) in [5.41, 5.74) is 0.831. The summed E-state index contributed by atoms with van der Waals surface area (Å²) in [6.45, 7) is 6.61. The van der Waals surface area contributed by atoms with E-state index in [0.717, 1.165) is 11.4 Å². The van der Waals surface area contributed by atoms with Gasteiger partial charge in [-0.05, 0) is 37.3 Å². The van der Waals surface area contributed by atoms with Gasteiger partial charge in [0.15, 0.2) is 0 Å². The fourth-order valence-electron chi connectivity index (χ4n) is 2.51. The minimum absolute atomic E-state index is 0.0615. The molecule has 0 radical (unpaired) electrons. The lowest BCUT2D eigenvalue weighted by Crippen LogP contribution is -2.48. The Morgan fingerprint density at radius 2 is 1.92 bits per heavy atom. The van der Waals surface area contributed by atoms with E-state index in [2.05, 4.69) is 16.5 Å². The molecule has 0 aliphatic carbocycles. The highest BCUT2D eigenvalue weighted by atomic mass is 16.5. The molecular formula is C18H19N3O3. The van der Waals surface area contributed by atoms with Gasteiger partial charge >= 0.3 is 0 Å². The van der Waals surface area contributed by atoms with Crippen LogP contribution in [0.5, 0.6) is 17.4 Å². The molecule has 0 unspecified atom stereocenters. The van der Waals surface area contributed by atoms with Crippen molar-refractivity contribution in [1.82, 2.24) is 14.9 Å². The maximum Gasteiger partial charge on any atom is 0.246 e. The maximum absolute atomic E-state index is 11.5. The highest BCUT2D eigenvalue weighted by molar-refractivity contribution is 5.87. The monoisotopic (exact) mass is 325 g/mol. The van der Waals surface area contributed by atoms with E-state index in [9.17, 15) is 4.79 Å². The SMILES string of the molecule is C=CC(=O)N1CC(c2nc(C)cc(Oc3ccc(OC)cc3)n2)C1. The Balaban J connectivity index is 1.72. The molecule has 124 valence electrons. The van der Waals surface area contributed by atoms with Crippen LogP contribution in [0.25, 0.3) is 0 Å². The molecule has 0 saturated carbocycles. The van der Waals surface area contributed by atoms with Crippen LogP contribution in [-0.2, 0) is 4.79 Å². The van der Waals surface area contributed by atoms with Crippen LogP contribution >= 0.6 is 0 Å². The fraction of sp³-hybridized carbons (Fsp3) is 0.278. The number of amides is 1. The second kappa shape index (κ2) is 6.70. The zero-order chi connectivity index (χ0) is 17.1. The van der Waals surface area contributed by atoms with Gasteiger partial charge in [0.1, 0.15) is 17.3 Å². The second-order valence-electron chi connectivity index (χ2n) is 5.63. The number of hydrogen-bond donors (Lipinski definition) is 0. The highest BCUT2D eigenvalue weighted by Crippen LogP contribution is 2.28. The average Bonchev–Trinajstić information content (AvgIpc) is 2.53. The van der Waals surface area contributed by atoms with Crippen LogP contribution in [-0.4, -0.2) is 41.0 Å².